The number of allylic oxidation sites excluding steroid dienone is 1. The number of carbonyl (C=O) groups is 3. The maximum Gasteiger partial charge on any atom is 0.309 e. The second kappa shape index (κ2) is 16.1. The molecular weight excluding hydrogens is 362 g/mol. The smallest absolute Gasteiger partial charge is 0.309 e. The minimum absolute atomic E-state index is 0.0852. The Morgan fingerprint density at radius 2 is 1.07 bits per heavy atom. The van der Waals surface area contributed by atoms with E-state index >= 15 is 0 Å². The topological polar surface area (TPSA) is 112 Å². The van der Waals surface area contributed by atoms with E-state index in [1.165, 1.54) is 38.5 Å². The van der Waals surface area contributed by atoms with Gasteiger partial charge in [-0.3, -0.25) is 18.9 Å². The second-order valence-electron chi connectivity index (χ2n) is 7.47. The summed E-state index contributed by atoms with van der Waals surface area (Å²) >= 11 is 0. The minimum Gasteiger partial charge on any atom is -0.481 e. The average Bonchev–Trinajstić information content (AvgIpc) is 2.63. The van der Waals surface area contributed by atoms with E-state index in [1.807, 2.05) is 12.3 Å². The molecule has 0 unspecified atom stereocenters. The van der Waals surface area contributed by atoms with Crippen LogP contribution in [-0.4, -0.2) is 57.3 Å². The van der Waals surface area contributed by atoms with Crippen molar-refractivity contribution in [3.05, 3.63) is 12.3 Å². The maximum atomic E-state index is 11.0. The van der Waals surface area contributed by atoms with Crippen LogP contribution < -0.4 is 0 Å². The van der Waals surface area contributed by atoms with Crippen LogP contribution in [0.25, 0.3) is 0 Å². The fourth-order valence-electron chi connectivity index (χ4n) is 3.21. The Morgan fingerprint density at radius 1 is 0.679 bits per heavy atom. The van der Waals surface area contributed by atoms with Gasteiger partial charge in [0.2, 0.25) is 0 Å². The fraction of sp³-hybridized carbons (Fsp3) is 0.762. The van der Waals surface area contributed by atoms with Crippen LogP contribution in [0.1, 0.15) is 84.0 Å². The molecule has 0 spiro atoms. The number of rotatable bonds is 19. The molecule has 7 nitrogen and oxygen atoms in total. The third-order valence-electron chi connectivity index (χ3n) is 4.96. The van der Waals surface area contributed by atoms with Gasteiger partial charge in [-0.2, -0.15) is 0 Å². The molecule has 3 N–H and O–H groups in total. The number of unbranched alkanes of at least 4 members (excludes halogenated alkanes) is 8. The Labute approximate surface area is 168 Å². The summed E-state index contributed by atoms with van der Waals surface area (Å²) in [4.78, 5) is 33.0. The fourth-order valence-corrected chi connectivity index (χ4v) is 3.21. The average molecular weight is 401 g/mol. The van der Waals surface area contributed by atoms with Crippen LogP contribution in [0.4, 0.5) is 0 Å². The van der Waals surface area contributed by atoms with Crippen LogP contribution in [0.5, 0.6) is 0 Å². The van der Waals surface area contributed by atoms with Crippen molar-refractivity contribution in [2.24, 2.45) is 0 Å². The van der Waals surface area contributed by atoms with E-state index in [0.29, 0.717) is 0 Å². The molecule has 0 amide bonds. The number of hydrogen-bond donors (Lipinski definition) is 3. The predicted molar refractivity (Wildman–Crippen MR) is 108 cm³/mol. The first-order valence-electron chi connectivity index (χ1n) is 10.5. The monoisotopic (exact) mass is 400 g/mol. The van der Waals surface area contributed by atoms with Crippen LogP contribution in [0.15, 0.2) is 12.3 Å². The Kier molecular flexibility index (Phi) is 15.0. The third kappa shape index (κ3) is 15.2. The molecule has 0 aromatic carbocycles. The molecule has 0 rings (SSSR count). The third-order valence-corrected chi connectivity index (χ3v) is 4.96. The number of carboxylic acids is 3. The summed E-state index contributed by atoms with van der Waals surface area (Å²) in [7, 11) is 0. The molecule has 0 saturated heterocycles. The van der Waals surface area contributed by atoms with Crippen LogP contribution in [0, 0.1) is 0 Å². The lowest BCUT2D eigenvalue weighted by atomic mass is 10.1. The van der Waals surface area contributed by atoms with Crippen molar-refractivity contribution in [1.82, 2.24) is 0 Å². The van der Waals surface area contributed by atoms with Crippen molar-refractivity contribution >= 4 is 17.9 Å². The largest absolute Gasteiger partial charge is 0.481 e. The first-order chi connectivity index (χ1) is 13.3. The molecule has 0 bridgehead atoms. The van der Waals surface area contributed by atoms with Crippen molar-refractivity contribution in [3.63, 3.8) is 0 Å². The van der Waals surface area contributed by atoms with Gasteiger partial charge in [0.05, 0.1) is 45.1 Å². The van der Waals surface area contributed by atoms with E-state index in [9.17, 15) is 14.4 Å². The molecule has 0 saturated carbocycles. The van der Waals surface area contributed by atoms with E-state index in [1.54, 1.807) is 0 Å². The SMILES string of the molecule is CCCCCCCCCC/C=C/[N+](CCC(=O)O)(CCC(=O)O)CCC(=O)O. The van der Waals surface area contributed by atoms with E-state index in [0.717, 1.165) is 19.3 Å². The summed E-state index contributed by atoms with van der Waals surface area (Å²) in [5, 5.41) is 27.0. The lowest BCUT2D eigenvalue weighted by Crippen LogP contribution is -2.47. The number of nitrogens with zero attached hydrogens (tertiary/aromatic N) is 1. The molecule has 0 heterocycles. The normalized spacial score (nSPS) is 11.8. The van der Waals surface area contributed by atoms with Crippen molar-refractivity contribution in [1.29, 1.82) is 0 Å². The quantitative estimate of drug-likeness (QED) is 0.220. The van der Waals surface area contributed by atoms with Gasteiger partial charge in [-0.25, -0.2) is 0 Å². The molecule has 0 aromatic heterocycles. The first-order valence-corrected chi connectivity index (χ1v) is 10.5. The van der Waals surface area contributed by atoms with E-state index in [4.69, 9.17) is 15.3 Å². The van der Waals surface area contributed by atoms with Gasteiger partial charge in [0.1, 0.15) is 0 Å². The van der Waals surface area contributed by atoms with Crippen molar-refractivity contribution < 1.29 is 34.2 Å². The van der Waals surface area contributed by atoms with E-state index < -0.39 is 17.9 Å². The van der Waals surface area contributed by atoms with Gasteiger partial charge in [-0.1, -0.05) is 51.9 Å². The molecule has 162 valence electrons. The number of hydrogen-bond acceptors (Lipinski definition) is 3. The molecule has 0 aromatic rings. The van der Waals surface area contributed by atoms with Crippen molar-refractivity contribution in [3.8, 4) is 0 Å². The number of carboxylic acid groups (broad SMARTS) is 3. The van der Waals surface area contributed by atoms with Gasteiger partial charge < -0.3 is 15.3 Å². The Balaban J connectivity index is 4.63. The summed E-state index contributed by atoms with van der Waals surface area (Å²) in [5.41, 5.74) is 0. The van der Waals surface area contributed by atoms with Gasteiger partial charge in [0.15, 0.2) is 0 Å². The van der Waals surface area contributed by atoms with Crippen LogP contribution in [-0.2, 0) is 14.4 Å². The second-order valence-corrected chi connectivity index (χ2v) is 7.47. The number of quaternary nitrogens is 1. The molecular formula is C21H38NO6+. The molecule has 0 atom stereocenters. The van der Waals surface area contributed by atoms with Crippen molar-refractivity contribution in [2.45, 2.75) is 84.0 Å². The van der Waals surface area contributed by atoms with Gasteiger partial charge in [0.25, 0.3) is 0 Å². The highest BCUT2D eigenvalue weighted by molar-refractivity contribution is 5.67. The molecule has 0 radical (unpaired) electrons. The zero-order chi connectivity index (χ0) is 21.3. The highest BCUT2D eigenvalue weighted by Gasteiger charge is 2.27. The first kappa shape index (κ1) is 26.1. The Bertz CT molecular complexity index is 444. The molecule has 0 aliphatic carbocycles. The summed E-state index contributed by atoms with van der Waals surface area (Å²) in [6.45, 7) is 2.80. The summed E-state index contributed by atoms with van der Waals surface area (Å²) in [6.07, 6.45) is 14.0. The molecule has 7 heteroatoms. The van der Waals surface area contributed by atoms with E-state index in [-0.39, 0.29) is 43.4 Å². The summed E-state index contributed by atoms with van der Waals surface area (Å²) < 4.78 is 0.0852. The van der Waals surface area contributed by atoms with Gasteiger partial charge in [-0.05, 0) is 18.9 Å². The highest BCUT2D eigenvalue weighted by Crippen LogP contribution is 2.16. The molecule has 0 aliphatic heterocycles. The molecule has 28 heavy (non-hydrogen) atoms. The van der Waals surface area contributed by atoms with Gasteiger partial charge in [-0.15, -0.1) is 0 Å². The molecule has 0 fully saturated rings. The lowest BCUT2D eigenvalue weighted by Gasteiger charge is -2.34. The van der Waals surface area contributed by atoms with E-state index in [2.05, 4.69) is 6.92 Å². The molecule has 0 aliphatic rings. The lowest BCUT2D eigenvalue weighted by molar-refractivity contribution is -0.878. The standard InChI is InChI=1S/C21H37NO6/c1-2-3-4-5-6-7-8-9-10-11-15-22(16-12-19(23)24,17-13-20(25)26)18-14-21(27)28/h11,15H,2-10,12-14,16-18H2,1H3,(H2-,23,24,25,26,27,28)/p+1/b15-11+. The minimum atomic E-state index is -0.968. The maximum absolute atomic E-state index is 11.0. The van der Waals surface area contributed by atoms with Gasteiger partial charge in [0, 0.05) is 0 Å². The zero-order valence-corrected chi connectivity index (χ0v) is 17.3. The zero-order valence-electron chi connectivity index (χ0n) is 17.3. The highest BCUT2D eigenvalue weighted by atomic mass is 16.4. The van der Waals surface area contributed by atoms with Crippen LogP contribution >= 0.6 is 0 Å². The van der Waals surface area contributed by atoms with Crippen molar-refractivity contribution in [2.75, 3.05) is 19.6 Å². The Hall–Kier alpha value is -1.89. The number of aliphatic carboxylic acids is 3. The Morgan fingerprint density at radius 3 is 1.46 bits per heavy atom. The summed E-state index contributed by atoms with van der Waals surface area (Å²) in [5.74, 6) is -2.90. The predicted octanol–water partition coefficient (Wildman–Crippen LogP) is 4.27. The summed E-state index contributed by atoms with van der Waals surface area (Å²) in [6, 6.07) is 0. The van der Waals surface area contributed by atoms with Crippen LogP contribution in [0.3, 0.4) is 0 Å². The van der Waals surface area contributed by atoms with Gasteiger partial charge >= 0.3 is 17.9 Å². The van der Waals surface area contributed by atoms with Crippen LogP contribution in [0.2, 0.25) is 0 Å².